The van der Waals surface area contributed by atoms with Crippen molar-refractivity contribution in [1.29, 1.82) is 0 Å². The standard InChI is InChI=1S/C43H27N3/c1-3-12-30(13-4-1)41-44-42(31-14-5-2-6-15-31)46-43(45-41)40-26-33-17-8-7-16-32(33)25-39(40)34-20-19-29-22-23-36-35-18-10-9-11-28(35)21-24-37(36)38(29)27-34/h1-27H. The molecule has 0 saturated heterocycles. The lowest BCUT2D eigenvalue weighted by atomic mass is 9.91. The lowest BCUT2D eigenvalue weighted by Gasteiger charge is -2.15. The maximum absolute atomic E-state index is 5.12. The molecule has 0 aliphatic carbocycles. The van der Waals surface area contributed by atoms with Crippen LogP contribution in [0.4, 0.5) is 0 Å². The molecule has 8 aromatic carbocycles. The fourth-order valence-electron chi connectivity index (χ4n) is 6.58. The van der Waals surface area contributed by atoms with Crippen molar-refractivity contribution in [3.8, 4) is 45.3 Å². The second kappa shape index (κ2) is 10.8. The Labute approximate surface area is 266 Å². The van der Waals surface area contributed by atoms with E-state index >= 15 is 0 Å². The average Bonchev–Trinajstić information content (AvgIpc) is 3.14. The van der Waals surface area contributed by atoms with E-state index in [1.54, 1.807) is 0 Å². The number of benzene rings is 8. The normalized spacial score (nSPS) is 11.5. The smallest absolute Gasteiger partial charge is 0.164 e. The molecule has 1 heterocycles. The van der Waals surface area contributed by atoms with Gasteiger partial charge in [0.05, 0.1) is 0 Å². The zero-order valence-electron chi connectivity index (χ0n) is 24.9. The van der Waals surface area contributed by atoms with E-state index in [0.717, 1.165) is 33.2 Å². The SMILES string of the molecule is c1ccc(-c2nc(-c3ccccc3)nc(-c3cc4ccccc4cc3-c3ccc4ccc5c6ccccc6ccc5c4c3)n2)cc1. The van der Waals surface area contributed by atoms with Gasteiger partial charge in [-0.2, -0.15) is 0 Å². The Bertz CT molecular complexity index is 2520. The summed E-state index contributed by atoms with van der Waals surface area (Å²) in [6.45, 7) is 0. The summed E-state index contributed by atoms with van der Waals surface area (Å²) in [6.07, 6.45) is 0. The largest absolute Gasteiger partial charge is 0.208 e. The van der Waals surface area contributed by atoms with E-state index in [2.05, 4.69) is 103 Å². The summed E-state index contributed by atoms with van der Waals surface area (Å²) < 4.78 is 0. The molecule has 0 amide bonds. The molecule has 9 aromatic rings. The predicted molar refractivity (Wildman–Crippen MR) is 192 cm³/mol. The molecule has 46 heavy (non-hydrogen) atoms. The molecule has 214 valence electrons. The van der Waals surface area contributed by atoms with Crippen LogP contribution in [-0.2, 0) is 0 Å². The first-order chi connectivity index (χ1) is 22.8. The minimum atomic E-state index is 0.650. The topological polar surface area (TPSA) is 38.7 Å². The van der Waals surface area contributed by atoms with Gasteiger partial charge in [0, 0.05) is 16.7 Å². The van der Waals surface area contributed by atoms with Crippen LogP contribution >= 0.6 is 0 Å². The Morgan fingerprint density at radius 2 is 0.739 bits per heavy atom. The molecule has 1 aromatic heterocycles. The first kappa shape index (κ1) is 26.2. The van der Waals surface area contributed by atoms with Crippen molar-refractivity contribution in [2.75, 3.05) is 0 Å². The quantitative estimate of drug-likeness (QED) is 0.193. The molecule has 0 fully saturated rings. The summed E-state index contributed by atoms with van der Waals surface area (Å²) >= 11 is 0. The average molecular weight is 586 g/mol. The summed E-state index contributed by atoms with van der Waals surface area (Å²) in [4.78, 5) is 15.2. The fourth-order valence-corrected chi connectivity index (χ4v) is 6.58. The second-order valence-corrected chi connectivity index (χ2v) is 11.7. The van der Waals surface area contributed by atoms with Gasteiger partial charge in [-0.25, -0.2) is 15.0 Å². The number of fused-ring (bicyclic) bond motifs is 6. The van der Waals surface area contributed by atoms with Gasteiger partial charge in [0.15, 0.2) is 17.5 Å². The molecule has 0 atom stereocenters. The van der Waals surface area contributed by atoms with Gasteiger partial charge in [0.25, 0.3) is 0 Å². The molecule has 0 aliphatic heterocycles. The van der Waals surface area contributed by atoms with Crippen molar-refractivity contribution in [3.05, 3.63) is 164 Å². The van der Waals surface area contributed by atoms with Crippen LogP contribution in [0.15, 0.2) is 164 Å². The van der Waals surface area contributed by atoms with Crippen molar-refractivity contribution in [3.63, 3.8) is 0 Å². The van der Waals surface area contributed by atoms with Crippen LogP contribution in [0.1, 0.15) is 0 Å². The van der Waals surface area contributed by atoms with E-state index in [1.807, 2.05) is 60.7 Å². The summed E-state index contributed by atoms with van der Waals surface area (Å²) in [5, 5.41) is 9.79. The third-order valence-corrected chi connectivity index (χ3v) is 8.88. The molecule has 0 aliphatic rings. The van der Waals surface area contributed by atoms with Gasteiger partial charge in [0.1, 0.15) is 0 Å². The van der Waals surface area contributed by atoms with Gasteiger partial charge in [-0.3, -0.25) is 0 Å². The van der Waals surface area contributed by atoms with E-state index in [9.17, 15) is 0 Å². The minimum Gasteiger partial charge on any atom is -0.208 e. The molecule has 9 rings (SSSR count). The highest BCUT2D eigenvalue weighted by Gasteiger charge is 2.17. The molecule has 3 heteroatoms. The van der Waals surface area contributed by atoms with Crippen LogP contribution in [0.3, 0.4) is 0 Å². The predicted octanol–water partition coefficient (Wildman–Crippen LogP) is 11.2. The molecule has 0 unspecified atom stereocenters. The highest BCUT2D eigenvalue weighted by Crippen LogP contribution is 2.39. The van der Waals surface area contributed by atoms with Gasteiger partial charge in [-0.15, -0.1) is 0 Å². The van der Waals surface area contributed by atoms with E-state index in [0.29, 0.717) is 17.5 Å². The number of rotatable bonds is 4. The van der Waals surface area contributed by atoms with Crippen molar-refractivity contribution >= 4 is 43.1 Å². The maximum atomic E-state index is 5.12. The summed E-state index contributed by atoms with van der Waals surface area (Å²) in [5.41, 5.74) is 5.09. The lowest BCUT2D eigenvalue weighted by molar-refractivity contribution is 1.07. The zero-order valence-corrected chi connectivity index (χ0v) is 24.9. The highest BCUT2D eigenvalue weighted by atomic mass is 15.0. The van der Waals surface area contributed by atoms with Crippen molar-refractivity contribution in [1.82, 2.24) is 15.0 Å². The van der Waals surface area contributed by atoms with Gasteiger partial charge in [-0.1, -0.05) is 146 Å². The van der Waals surface area contributed by atoms with Crippen LogP contribution in [0, 0.1) is 0 Å². The fraction of sp³-hybridized carbons (Fsp3) is 0. The summed E-state index contributed by atoms with van der Waals surface area (Å²) in [5.74, 6) is 1.96. The minimum absolute atomic E-state index is 0.650. The first-order valence-corrected chi connectivity index (χ1v) is 15.5. The third-order valence-electron chi connectivity index (χ3n) is 8.88. The first-order valence-electron chi connectivity index (χ1n) is 15.5. The van der Waals surface area contributed by atoms with Gasteiger partial charge >= 0.3 is 0 Å². The van der Waals surface area contributed by atoms with Gasteiger partial charge < -0.3 is 0 Å². The monoisotopic (exact) mass is 585 g/mol. The molecule has 0 radical (unpaired) electrons. The van der Waals surface area contributed by atoms with Crippen LogP contribution in [-0.4, -0.2) is 15.0 Å². The van der Waals surface area contributed by atoms with Crippen molar-refractivity contribution in [2.24, 2.45) is 0 Å². The molecular weight excluding hydrogens is 558 g/mol. The lowest BCUT2D eigenvalue weighted by Crippen LogP contribution is -2.01. The van der Waals surface area contributed by atoms with E-state index in [1.165, 1.54) is 37.7 Å². The second-order valence-electron chi connectivity index (χ2n) is 11.7. The number of hydrogen-bond donors (Lipinski definition) is 0. The summed E-state index contributed by atoms with van der Waals surface area (Å²) in [7, 11) is 0. The van der Waals surface area contributed by atoms with E-state index in [4.69, 9.17) is 15.0 Å². The van der Waals surface area contributed by atoms with Crippen molar-refractivity contribution in [2.45, 2.75) is 0 Å². The molecule has 0 N–H and O–H groups in total. The van der Waals surface area contributed by atoms with Crippen molar-refractivity contribution < 1.29 is 0 Å². The Morgan fingerprint density at radius 3 is 1.39 bits per heavy atom. The molecule has 0 bridgehead atoms. The third kappa shape index (κ3) is 4.49. The van der Waals surface area contributed by atoms with Gasteiger partial charge in [0.2, 0.25) is 0 Å². The number of nitrogens with zero attached hydrogens (tertiary/aromatic N) is 3. The molecular formula is C43H27N3. The molecule has 0 saturated carbocycles. The number of hydrogen-bond acceptors (Lipinski definition) is 3. The Balaban J connectivity index is 1.32. The zero-order chi connectivity index (χ0) is 30.5. The van der Waals surface area contributed by atoms with Crippen LogP contribution in [0.2, 0.25) is 0 Å². The Hall–Kier alpha value is -6.19. The highest BCUT2D eigenvalue weighted by molar-refractivity contribution is 6.18. The number of aromatic nitrogens is 3. The van der Waals surface area contributed by atoms with E-state index in [-0.39, 0.29) is 0 Å². The van der Waals surface area contributed by atoms with Crippen LogP contribution in [0.5, 0.6) is 0 Å². The van der Waals surface area contributed by atoms with Crippen LogP contribution < -0.4 is 0 Å². The maximum Gasteiger partial charge on any atom is 0.164 e. The summed E-state index contributed by atoms with van der Waals surface area (Å²) in [6, 6.07) is 57.7. The Kier molecular flexibility index (Phi) is 6.14. The Morgan fingerprint density at radius 1 is 0.261 bits per heavy atom. The van der Waals surface area contributed by atoms with Gasteiger partial charge in [-0.05, 0) is 72.4 Å². The van der Waals surface area contributed by atoms with Crippen LogP contribution in [0.25, 0.3) is 88.4 Å². The van der Waals surface area contributed by atoms with E-state index < -0.39 is 0 Å². The molecule has 0 spiro atoms. The molecule has 3 nitrogen and oxygen atoms in total.